The maximum atomic E-state index is 6.42. The van der Waals surface area contributed by atoms with Gasteiger partial charge < -0.3 is 10.3 Å². The van der Waals surface area contributed by atoms with E-state index in [0.29, 0.717) is 11.6 Å². The predicted octanol–water partition coefficient (Wildman–Crippen LogP) is 4.22. The van der Waals surface area contributed by atoms with Gasteiger partial charge in [-0.25, -0.2) is 4.98 Å². The Bertz CT molecular complexity index is 928. The monoisotopic (exact) mass is 323 g/mol. The first-order valence-electron chi connectivity index (χ1n) is 7.26. The van der Waals surface area contributed by atoms with Crippen LogP contribution in [0.2, 0.25) is 5.02 Å². The lowest BCUT2D eigenvalue weighted by molar-refractivity contribution is 0.980. The lowest BCUT2D eigenvalue weighted by atomic mass is 10.0. The van der Waals surface area contributed by atoms with E-state index < -0.39 is 0 Å². The number of H-pyrrole nitrogens is 2. The van der Waals surface area contributed by atoms with Crippen molar-refractivity contribution in [1.29, 1.82) is 0 Å². The second-order valence-electron chi connectivity index (χ2n) is 5.21. The van der Waals surface area contributed by atoms with Gasteiger partial charge >= 0.3 is 0 Å². The summed E-state index contributed by atoms with van der Waals surface area (Å²) in [6.45, 7) is 0.580. The summed E-state index contributed by atoms with van der Waals surface area (Å²) < 4.78 is 0. The van der Waals surface area contributed by atoms with Gasteiger partial charge in [0.1, 0.15) is 5.82 Å². The molecule has 5 nitrogen and oxygen atoms in total. The molecule has 3 N–H and O–H groups in total. The Morgan fingerprint density at radius 2 is 2.00 bits per heavy atom. The number of aromatic amines is 2. The maximum Gasteiger partial charge on any atom is 0.156 e. The molecule has 2 aromatic carbocycles. The van der Waals surface area contributed by atoms with E-state index in [-0.39, 0.29) is 0 Å². The Kier molecular flexibility index (Phi) is 3.48. The molecule has 23 heavy (non-hydrogen) atoms. The fourth-order valence-corrected chi connectivity index (χ4v) is 2.85. The van der Waals surface area contributed by atoms with Crippen LogP contribution in [0.15, 0.2) is 54.9 Å². The summed E-state index contributed by atoms with van der Waals surface area (Å²) in [6.07, 6.45) is 3.53. The summed E-state index contributed by atoms with van der Waals surface area (Å²) in [5.74, 6) is 1.64. The summed E-state index contributed by atoms with van der Waals surface area (Å²) in [6, 6.07) is 14.0. The minimum Gasteiger partial charge on any atom is -0.361 e. The summed E-state index contributed by atoms with van der Waals surface area (Å²) >= 11 is 6.42. The highest BCUT2D eigenvalue weighted by atomic mass is 35.5. The van der Waals surface area contributed by atoms with E-state index in [1.807, 2.05) is 36.4 Å². The van der Waals surface area contributed by atoms with Gasteiger partial charge in [0, 0.05) is 23.3 Å². The maximum absolute atomic E-state index is 6.42. The Labute approximate surface area is 137 Å². The smallest absolute Gasteiger partial charge is 0.156 e. The van der Waals surface area contributed by atoms with Crippen LogP contribution in [0.4, 0.5) is 5.82 Å². The summed E-state index contributed by atoms with van der Waals surface area (Å²) in [5, 5.41) is 12.3. The molecule has 114 valence electrons. The zero-order chi connectivity index (χ0) is 15.6. The van der Waals surface area contributed by atoms with Crippen LogP contribution in [-0.2, 0) is 6.54 Å². The molecule has 4 rings (SSSR count). The van der Waals surface area contributed by atoms with Crippen molar-refractivity contribution in [3.8, 4) is 11.1 Å². The topological polar surface area (TPSA) is 69.4 Å². The molecule has 0 aliphatic carbocycles. The fraction of sp³-hybridized carbons (Fsp3) is 0.0588. The molecule has 0 atom stereocenters. The third kappa shape index (κ3) is 2.66. The fourth-order valence-electron chi connectivity index (χ4n) is 2.57. The molecule has 0 bridgehead atoms. The normalized spacial score (nSPS) is 11.0. The van der Waals surface area contributed by atoms with Gasteiger partial charge in [-0.2, -0.15) is 5.10 Å². The Morgan fingerprint density at radius 1 is 1.13 bits per heavy atom. The first kappa shape index (κ1) is 13.8. The number of nitrogens with zero attached hydrogens (tertiary/aromatic N) is 2. The van der Waals surface area contributed by atoms with Crippen molar-refractivity contribution in [1.82, 2.24) is 20.2 Å². The van der Waals surface area contributed by atoms with Crippen LogP contribution in [0.3, 0.4) is 0 Å². The van der Waals surface area contributed by atoms with Crippen molar-refractivity contribution in [2.45, 2.75) is 6.54 Å². The molecule has 0 saturated carbocycles. The molecule has 0 fully saturated rings. The quantitative estimate of drug-likeness (QED) is 0.526. The molecule has 0 aliphatic rings. The molecule has 0 aliphatic heterocycles. The van der Waals surface area contributed by atoms with Gasteiger partial charge in [-0.3, -0.25) is 5.10 Å². The Balaban J connectivity index is 1.72. The van der Waals surface area contributed by atoms with Crippen molar-refractivity contribution in [2.75, 3.05) is 5.32 Å². The van der Waals surface area contributed by atoms with E-state index in [0.717, 1.165) is 33.7 Å². The Morgan fingerprint density at radius 3 is 2.78 bits per heavy atom. The SMILES string of the molecule is Clc1cc2[nH]nc(NCc3ncc[nH]3)c2cc1-c1ccccc1. The molecular weight excluding hydrogens is 310 g/mol. The van der Waals surface area contributed by atoms with Crippen LogP contribution in [0.5, 0.6) is 0 Å². The number of halogens is 1. The molecule has 6 heteroatoms. The number of nitrogens with one attached hydrogen (secondary N) is 3. The third-order valence-corrected chi connectivity index (χ3v) is 4.03. The van der Waals surface area contributed by atoms with Crippen LogP contribution >= 0.6 is 11.6 Å². The van der Waals surface area contributed by atoms with Crippen molar-refractivity contribution in [3.63, 3.8) is 0 Å². The summed E-state index contributed by atoms with van der Waals surface area (Å²) in [7, 11) is 0. The molecule has 2 heterocycles. The van der Waals surface area contributed by atoms with Crippen molar-refractivity contribution in [2.24, 2.45) is 0 Å². The second kappa shape index (κ2) is 5.78. The highest BCUT2D eigenvalue weighted by Gasteiger charge is 2.11. The molecule has 2 aromatic heterocycles. The lowest BCUT2D eigenvalue weighted by Gasteiger charge is -2.06. The summed E-state index contributed by atoms with van der Waals surface area (Å²) in [5.41, 5.74) is 2.97. The predicted molar refractivity (Wildman–Crippen MR) is 92.5 cm³/mol. The number of rotatable bonds is 4. The largest absolute Gasteiger partial charge is 0.361 e. The third-order valence-electron chi connectivity index (χ3n) is 3.71. The lowest BCUT2D eigenvalue weighted by Crippen LogP contribution is -2.01. The highest BCUT2D eigenvalue weighted by molar-refractivity contribution is 6.34. The first-order valence-corrected chi connectivity index (χ1v) is 7.64. The molecular formula is C17H14ClN5. The van der Waals surface area contributed by atoms with Gasteiger partial charge in [0.25, 0.3) is 0 Å². The van der Waals surface area contributed by atoms with Gasteiger partial charge in [0.15, 0.2) is 5.82 Å². The van der Waals surface area contributed by atoms with Crippen molar-refractivity contribution in [3.05, 3.63) is 65.7 Å². The highest BCUT2D eigenvalue weighted by Crippen LogP contribution is 2.33. The van der Waals surface area contributed by atoms with Gasteiger partial charge in [-0.05, 0) is 17.7 Å². The zero-order valence-corrected chi connectivity index (χ0v) is 12.9. The van der Waals surface area contributed by atoms with E-state index in [4.69, 9.17) is 11.6 Å². The second-order valence-corrected chi connectivity index (χ2v) is 5.61. The van der Waals surface area contributed by atoms with E-state index in [2.05, 4.69) is 31.5 Å². The van der Waals surface area contributed by atoms with E-state index in [1.54, 1.807) is 12.4 Å². The minimum atomic E-state index is 0.580. The van der Waals surface area contributed by atoms with Gasteiger partial charge in [0.2, 0.25) is 0 Å². The molecule has 0 saturated heterocycles. The molecule has 4 aromatic rings. The van der Waals surface area contributed by atoms with Crippen LogP contribution in [0, 0.1) is 0 Å². The van der Waals surface area contributed by atoms with Gasteiger partial charge in [-0.15, -0.1) is 0 Å². The van der Waals surface area contributed by atoms with Gasteiger partial charge in [0.05, 0.1) is 17.1 Å². The standard InChI is InChI=1S/C17H14ClN5/c18-14-9-15-13(8-12(14)11-4-2-1-3-5-11)17(23-22-15)21-10-16-19-6-7-20-16/h1-9H,10H2,(H,19,20)(H2,21,22,23). The van der Waals surface area contributed by atoms with Crippen molar-refractivity contribution >= 4 is 28.3 Å². The number of benzene rings is 2. The number of hydrogen-bond donors (Lipinski definition) is 3. The zero-order valence-electron chi connectivity index (χ0n) is 12.2. The van der Waals surface area contributed by atoms with Crippen LogP contribution in [0.1, 0.15) is 5.82 Å². The first-order chi connectivity index (χ1) is 11.3. The Hall–Kier alpha value is -2.79. The average molecular weight is 324 g/mol. The number of fused-ring (bicyclic) bond motifs is 1. The van der Waals surface area contributed by atoms with Crippen molar-refractivity contribution < 1.29 is 0 Å². The van der Waals surface area contributed by atoms with E-state index in [1.165, 1.54) is 0 Å². The molecule has 0 amide bonds. The average Bonchev–Trinajstić information content (AvgIpc) is 3.22. The number of hydrogen-bond acceptors (Lipinski definition) is 3. The minimum absolute atomic E-state index is 0.580. The van der Waals surface area contributed by atoms with Crippen LogP contribution in [0.25, 0.3) is 22.0 Å². The molecule has 0 unspecified atom stereocenters. The molecule has 0 radical (unpaired) electrons. The number of imidazole rings is 1. The van der Waals surface area contributed by atoms with Gasteiger partial charge in [-0.1, -0.05) is 41.9 Å². The van der Waals surface area contributed by atoms with Crippen LogP contribution in [-0.4, -0.2) is 20.2 Å². The van der Waals surface area contributed by atoms with E-state index >= 15 is 0 Å². The molecule has 0 spiro atoms. The van der Waals surface area contributed by atoms with E-state index in [9.17, 15) is 0 Å². The number of anilines is 1. The number of aromatic nitrogens is 4. The summed E-state index contributed by atoms with van der Waals surface area (Å²) in [4.78, 5) is 7.26. The van der Waals surface area contributed by atoms with Crippen LogP contribution < -0.4 is 5.32 Å².